The number of piperidine rings is 1. The van der Waals surface area contributed by atoms with Gasteiger partial charge in [-0.2, -0.15) is 0 Å². The van der Waals surface area contributed by atoms with Crippen LogP contribution in [0.25, 0.3) is 12.2 Å². The van der Waals surface area contributed by atoms with Gasteiger partial charge in [-0.05, 0) is 42.3 Å². The van der Waals surface area contributed by atoms with Gasteiger partial charge in [-0.3, -0.25) is 9.69 Å². The zero-order valence-corrected chi connectivity index (χ0v) is 16.8. The molecule has 0 bridgehead atoms. The zero-order valence-electron chi connectivity index (χ0n) is 15.3. The molecule has 0 spiro atoms. The van der Waals surface area contributed by atoms with Crippen molar-refractivity contribution in [3.8, 4) is 0 Å². The summed E-state index contributed by atoms with van der Waals surface area (Å²) in [4.78, 5) is 26.9. The molecule has 1 fully saturated rings. The highest BCUT2D eigenvalue weighted by Crippen LogP contribution is 2.26. The van der Waals surface area contributed by atoms with E-state index in [1.807, 2.05) is 36.4 Å². The molecule has 3 rings (SSSR count). The van der Waals surface area contributed by atoms with Crippen molar-refractivity contribution in [2.75, 3.05) is 19.7 Å². The van der Waals surface area contributed by atoms with Crippen LogP contribution in [0, 0.1) is 0 Å². The molecule has 6 heteroatoms. The van der Waals surface area contributed by atoms with Gasteiger partial charge in [-0.25, -0.2) is 4.79 Å². The molecule has 1 saturated heterocycles. The van der Waals surface area contributed by atoms with Crippen molar-refractivity contribution in [2.24, 2.45) is 0 Å². The Morgan fingerprint density at radius 1 is 0.964 bits per heavy atom. The van der Waals surface area contributed by atoms with Crippen molar-refractivity contribution in [1.29, 1.82) is 0 Å². The summed E-state index contributed by atoms with van der Waals surface area (Å²) in [5.41, 5.74) is 2.36. The quantitative estimate of drug-likeness (QED) is 0.621. The fourth-order valence-corrected chi connectivity index (χ4v) is 3.32. The number of carbonyl (C=O) groups excluding carboxylic acids is 2. The first-order valence-electron chi connectivity index (χ1n) is 8.86. The molecule has 0 saturated carbocycles. The molecule has 0 N–H and O–H groups in total. The van der Waals surface area contributed by atoms with Gasteiger partial charge in [0.2, 0.25) is 0 Å². The number of hydrogen-bond acceptors (Lipinski definition) is 3. The molecule has 0 aromatic heterocycles. The lowest BCUT2D eigenvalue weighted by Gasteiger charge is -2.29. The van der Waals surface area contributed by atoms with Gasteiger partial charge < -0.3 is 4.74 Å². The Bertz CT molecular complexity index is 898. The van der Waals surface area contributed by atoms with E-state index < -0.39 is 6.09 Å². The number of ketones is 1. The molecule has 1 heterocycles. The van der Waals surface area contributed by atoms with Crippen LogP contribution in [0.1, 0.15) is 18.1 Å². The number of hydrogen-bond donors (Lipinski definition) is 0. The summed E-state index contributed by atoms with van der Waals surface area (Å²) in [6.45, 7) is 2.32. The Balaban J connectivity index is 2.02. The number of carbonyl (C=O) groups is 2. The minimum atomic E-state index is -0.467. The largest absolute Gasteiger partial charge is 0.450 e. The summed E-state index contributed by atoms with van der Waals surface area (Å²) in [6.07, 6.45) is 2.97. The Labute approximate surface area is 174 Å². The maximum absolute atomic E-state index is 13.1. The van der Waals surface area contributed by atoms with E-state index in [0.29, 0.717) is 21.2 Å². The highest BCUT2D eigenvalue weighted by Gasteiger charge is 2.30. The maximum Gasteiger partial charge on any atom is 0.410 e. The van der Waals surface area contributed by atoms with Crippen molar-refractivity contribution < 1.29 is 14.3 Å². The molecule has 2 aromatic carbocycles. The molecule has 2 aromatic rings. The van der Waals surface area contributed by atoms with Crippen LogP contribution < -0.4 is 0 Å². The number of rotatable bonds is 3. The third-order valence-corrected chi connectivity index (χ3v) is 4.99. The highest BCUT2D eigenvalue weighted by molar-refractivity contribution is 6.33. The molecule has 28 heavy (non-hydrogen) atoms. The summed E-state index contributed by atoms with van der Waals surface area (Å²) < 4.78 is 5.13. The second-order valence-corrected chi connectivity index (χ2v) is 7.08. The minimum absolute atomic E-state index is 0.139. The Morgan fingerprint density at radius 2 is 1.43 bits per heavy atom. The van der Waals surface area contributed by atoms with Crippen molar-refractivity contribution in [3.63, 3.8) is 0 Å². The van der Waals surface area contributed by atoms with E-state index in [1.165, 1.54) is 4.90 Å². The molecular formula is C22H19Cl2NO3. The van der Waals surface area contributed by atoms with Crippen molar-refractivity contribution in [1.82, 2.24) is 4.90 Å². The zero-order chi connectivity index (χ0) is 20.1. The predicted molar refractivity (Wildman–Crippen MR) is 112 cm³/mol. The second-order valence-electron chi connectivity index (χ2n) is 6.27. The third kappa shape index (κ3) is 4.64. The van der Waals surface area contributed by atoms with Gasteiger partial charge in [0.05, 0.1) is 19.7 Å². The van der Waals surface area contributed by atoms with Gasteiger partial charge in [-0.15, -0.1) is 0 Å². The van der Waals surface area contributed by atoms with E-state index in [-0.39, 0.29) is 25.5 Å². The van der Waals surface area contributed by atoms with Crippen LogP contribution in [-0.4, -0.2) is 36.5 Å². The smallest absolute Gasteiger partial charge is 0.410 e. The third-order valence-electron chi connectivity index (χ3n) is 4.30. The summed E-state index contributed by atoms with van der Waals surface area (Å²) in [7, 11) is 0. The first-order chi connectivity index (χ1) is 13.5. The topological polar surface area (TPSA) is 46.6 Å². The van der Waals surface area contributed by atoms with Crippen LogP contribution in [0.15, 0.2) is 59.7 Å². The summed E-state index contributed by atoms with van der Waals surface area (Å²) >= 11 is 12.5. The summed E-state index contributed by atoms with van der Waals surface area (Å²) in [5.74, 6) is -0.139. The Kier molecular flexibility index (Phi) is 6.55. The van der Waals surface area contributed by atoms with Gasteiger partial charge in [0.25, 0.3) is 0 Å². The van der Waals surface area contributed by atoms with Crippen LogP contribution in [-0.2, 0) is 9.53 Å². The minimum Gasteiger partial charge on any atom is -0.450 e. The average Bonchev–Trinajstić information content (AvgIpc) is 2.68. The molecular weight excluding hydrogens is 397 g/mol. The van der Waals surface area contributed by atoms with Crippen LogP contribution in [0.4, 0.5) is 4.79 Å². The number of benzene rings is 2. The molecule has 1 aliphatic heterocycles. The highest BCUT2D eigenvalue weighted by atomic mass is 35.5. The van der Waals surface area contributed by atoms with Gasteiger partial charge in [0.15, 0.2) is 5.78 Å². The monoisotopic (exact) mass is 415 g/mol. The standard InChI is InChI=1S/C22H19Cl2NO3/c1-2-28-22(27)25-13-17(11-15-7-3-5-9-19(15)23)21(26)18(14-25)12-16-8-4-6-10-20(16)24/h3-12H,2,13-14H2,1H3/b17-11-,18-12-. The van der Waals surface area contributed by atoms with Crippen molar-refractivity contribution in [3.05, 3.63) is 80.8 Å². The van der Waals surface area contributed by atoms with E-state index >= 15 is 0 Å². The van der Waals surface area contributed by atoms with E-state index in [9.17, 15) is 9.59 Å². The molecule has 4 nitrogen and oxygen atoms in total. The van der Waals surface area contributed by atoms with Crippen LogP contribution in [0.3, 0.4) is 0 Å². The maximum atomic E-state index is 13.1. The first-order valence-corrected chi connectivity index (χ1v) is 9.61. The van der Waals surface area contributed by atoms with Gasteiger partial charge in [0.1, 0.15) is 0 Å². The number of likely N-dealkylation sites (tertiary alicyclic amines) is 1. The van der Waals surface area contributed by atoms with Crippen molar-refractivity contribution >= 4 is 47.2 Å². The lowest BCUT2D eigenvalue weighted by molar-refractivity contribution is -0.113. The van der Waals surface area contributed by atoms with Crippen molar-refractivity contribution in [2.45, 2.75) is 6.92 Å². The number of nitrogens with zero attached hydrogens (tertiary/aromatic N) is 1. The number of ether oxygens (including phenoxy) is 1. The normalized spacial score (nSPS) is 17.2. The van der Waals surface area contributed by atoms with E-state index in [0.717, 1.165) is 11.1 Å². The summed E-state index contributed by atoms with van der Waals surface area (Å²) in [6, 6.07) is 14.5. The number of Topliss-reactive ketones (excluding diaryl/α,β-unsaturated/α-hetero) is 1. The average molecular weight is 416 g/mol. The SMILES string of the molecule is CCOC(=O)N1C/C(=C/c2ccccc2Cl)C(=O)/C(=C\c2ccccc2Cl)C1. The lowest BCUT2D eigenvalue weighted by Crippen LogP contribution is -2.41. The lowest BCUT2D eigenvalue weighted by atomic mass is 9.94. The van der Waals surface area contributed by atoms with Gasteiger partial charge in [-0.1, -0.05) is 59.6 Å². The molecule has 0 unspecified atom stereocenters. The van der Waals surface area contributed by atoms with E-state index in [2.05, 4.69) is 0 Å². The molecule has 0 radical (unpaired) electrons. The molecule has 144 valence electrons. The Hall–Kier alpha value is -2.56. The first kappa shape index (κ1) is 20.2. The second kappa shape index (κ2) is 9.09. The fourth-order valence-electron chi connectivity index (χ4n) is 2.94. The van der Waals surface area contributed by atoms with Crippen LogP contribution in [0.5, 0.6) is 0 Å². The summed E-state index contributed by atoms with van der Waals surface area (Å²) in [5, 5.41) is 1.07. The number of halogens is 2. The fraction of sp³-hybridized carbons (Fsp3) is 0.182. The van der Waals surface area contributed by atoms with Gasteiger partial charge >= 0.3 is 6.09 Å². The number of amides is 1. The molecule has 1 amide bonds. The van der Waals surface area contributed by atoms with Crippen LogP contribution >= 0.6 is 23.2 Å². The molecule has 0 atom stereocenters. The van der Waals surface area contributed by atoms with E-state index in [4.69, 9.17) is 27.9 Å². The van der Waals surface area contributed by atoms with Gasteiger partial charge in [0, 0.05) is 21.2 Å². The molecule has 1 aliphatic rings. The molecule has 0 aliphatic carbocycles. The predicted octanol–water partition coefficient (Wildman–Crippen LogP) is 5.50. The van der Waals surface area contributed by atoms with Crippen LogP contribution in [0.2, 0.25) is 10.0 Å². The Morgan fingerprint density at radius 3 is 1.86 bits per heavy atom. The van der Waals surface area contributed by atoms with E-state index in [1.54, 1.807) is 31.2 Å².